The lowest BCUT2D eigenvalue weighted by atomic mass is 9.98. The summed E-state index contributed by atoms with van der Waals surface area (Å²) in [6.07, 6.45) is 5.40. The number of pyridine rings is 1. The topological polar surface area (TPSA) is 106 Å². The van der Waals surface area contributed by atoms with E-state index in [9.17, 15) is 4.79 Å². The second-order valence-electron chi connectivity index (χ2n) is 10.8. The van der Waals surface area contributed by atoms with Crippen molar-refractivity contribution in [2.45, 2.75) is 25.9 Å². The van der Waals surface area contributed by atoms with Gasteiger partial charge in [-0.05, 0) is 78.1 Å². The molecule has 11 heteroatoms. The molecular weight excluding hydrogens is 590 g/mol. The lowest BCUT2D eigenvalue weighted by molar-refractivity contribution is 0.102. The highest BCUT2D eigenvalue weighted by atomic mass is 35.5. The maximum atomic E-state index is 12.8. The number of ether oxygens (including phenoxy) is 2. The monoisotopic (exact) mass is 623 g/mol. The fraction of sp³-hybridized carbons (Fsp3) is 0.235. The van der Waals surface area contributed by atoms with E-state index in [1.54, 1.807) is 37.2 Å². The van der Waals surface area contributed by atoms with Crippen molar-refractivity contribution in [3.63, 3.8) is 0 Å². The van der Waals surface area contributed by atoms with Gasteiger partial charge in [0.15, 0.2) is 11.5 Å². The van der Waals surface area contributed by atoms with Crippen LogP contribution in [0.5, 0.6) is 11.5 Å². The first-order chi connectivity index (χ1) is 22.0. The second-order valence-corrected chi connectivity index (χ2v) is 11.1. The second kappa shape index (κ2) is 13.8. The fourth-order valence-electron chi connectivity index (χ4n) is 5.42. The summed E-state index contributed by atoms with van der Waals surface area (Å²) in [7, 11) is 3.36. The molecule has 5 aromatic rings. The molecule has 0 spiro atoms. The minimum Gasteiger partial charge on any atom is -0.493 e. The van der Waals surface area contributed by atoms with E-state index in [2.05, 4.69) is 67.2 Å². The molecule has 0 saturated carbocycles. The molecule has 3 heterocycles. The lowest BCUT2D eigenvalue weighted by Crippen LogP contribution is -2.32. The van der Waals surface area contributed by atoms with Crippen molar-refractivity contribution in [3.8, 4) is 17.2 Å². The number of nitrogens with one attached hydrogen (secondary N) is 2. The van der Waals surface area contributed by atoms with Crippen molar-refractivity contribution in [3.05, 3.63) is 118 Å². The van der Waals surface area contributed by atoms with E-state index < -0.39 is 0 Å². The van der Waals surface area contributed by atoms with Gasteiger partial charge in [0, 0.05) is 25.8 Å². The number of rotatable bonds is 11. The molecule has 230 valence electrons. The SMILES string of the molecule is COc1cc2c(cc1OC)CN(CCc1ccc(-n3cc(CNc4ccccc4NC(=O)c4cccnc4Cl)nn3)cc1)CC2. The molecule has 0 unspecified atom stereocenters. The summed E-state index contributed by atoms with van der Waals surface area (Å²) >= 11 is 6.09. The van der Waals surface area contributed by atoms with Crippen LogP contribution in [0.3, 0.4) is 0 Å². The third-order valence-corrected chi connectivity index (χ3v) is 8.20. The number of nitrogens with zero attached hydrogens (tertiary/aromatic N) is 5. The van der Waals surface area contributed by atoms with Crippen molar-refractivity contribution >= 4 is 28.9 Å². The summed E-state index contributed by atoms with van der Waals surface area (Å²) in [5.41, 5.74) is 7.28. The van der Waals surface area contributed by atoms with Gasteiger partial charge < -0.3 is 20.1 Å². The standard InChI is InChI=1S/C34H34ClN7O3/c1-44-31-18-24-14-17-41(21-25(24)19-32(31)45-2)16-13-23-9-11-27(12-10-23)42-22-26(39-40-42)20-37-29-7-3-4-8-30(29)38-34(43)28-6-5-15-36-33(28)35/h3-12,15,18-19,22,37H,13-14,16-17,20-21H2,1-2H3,(H,38,43). The van der Waals surface area contributed by atoms with Crippen molar-refractivity contribution in [1.82, 2.24) is 24.9 Å². The van der Waals surface area contributed by atoms with Crippen LogP contribution in [0, 0.1) is 0 Å². The zero-order valence-corrected chi connectivity index (χ0v) is 25.9. The third kappa shape index (κ3) is 7.08. The van der Waals surface area contributed by atoms with E-state index in [4.69, 9.17) is 21.1 Å². The maximum Gasteiger partial charge on any atom is 0.258 e. The number of aromatic nitrogens is 4. The number of fused-ring (bicyclic) bond motifs is 1. The van der Waals surface area contributed by atoms with Crippen LogP contribution in [-0.4, -0.2) is 58.1 Å². The summed E-state index contributed by atoms with van der Waals surface area (Å²) < 4.78 is 12.7. The number of hydrogen-bond donors (Lipinski definition) is 2. The first kappa shape index (κ1) is 30.1. The van der Waals surface area contributed by atoms with Gasteiger partial charge in [-0.2, -0.15) is 0 Å². The molecule has 45 heavy (non-hydrogen) atoms. The van der Waals surface area contributed by atoms with Crippen LogP contribution < -0.4 is 20.1 Å². The molecule has 1 amide bonds. The van der Waals surface area contributed by atoms with E-state index >= 15 is 0 Å². The van der Waals surface area contributed by atoms with Crippen LogP contribution in [0.1, 0.15) is 32.7 Å². The van der Waals surface area contributed by atoms with Crippen LogP contribution in [0.4, 0.5) is 11.4 Å². The molecule has 1 aliphatic heterocycles. The summed E-state index contributed by atoms with van der Waals surface area (Å²) in [5.74, 6) is 1.24. The fourth-order valence-corrected chi connectivity index (χ4v) is 5.62. The van der Waals surface area contributed by atoms with Crippen molar-refractivity contribution in [2.24, 2.45) is 0 Å². The highest BCUT2D eigenvalue weighted by Gasteiger charge is 2.19. The Morgan fingerprint density at radius 1 is 0.956 bits per heavy atom. The molecule has 1 aliphatic rings. The normalized spacial score (nSPS) is 12.8. The molecule has 0 saturated heterocycles. The van der Waals surface area contributed by atoms with Crippen LogP contribution >= 0.6 is 11.6 Å². The Labute approximate surface area is 267 Å². The van der Waals surface area contributed by atoms with Crippen LogP contribution in [0.15, 0.2) is 85.2 Å². The number of para-hydroxylation sites is 2. The highest BCUT2D eigenvalue weighted by Crippen LogP contribution is 2.33. The van der Waals surface area contributed by atoms with Gasteiger partial charge in [0.2, 0.25) is 0 Å². The number of hydrogen-bond acceptors (Lipinski definition) is 8. The molecule has 2 N–H and O–H groups in total. The van der Waals surface area contributed by atoms with E-state index in [0.717, 1.165) is 61.0 Å². The molecular formula is C34H34ClN7O3. The van der Waals surface area contributed by atoms with Gasteiger partial charge >= 0.3 is 0 Å². The van der Waals surface area contributed by atoms with Crippen molar-refractivity contribution < 1.29 is 14.3 Å². The van der Waals surface area contributed by atoms with Gasteiger partial charge in [0.25, 0.3) is 5.91 Å². The summed E-state index contributed by atoms with van der Waals surface area (Å²) in [6.45, 7) is 3.32. The van der Waals surface area contributed by atoms with Gasteiger partial charge in [-0.25, -0.2) is 9.67 Å². The van der Waals surface area contributed by atoms with Crippen molar-refractivity contribution in [2.75, 3.05) is 37.9 Å². The lowest BCUT2D eigenvalue weighted by Gasteiger charge is -2.29. The molecule has 3 aromatic carbocycles. The molecule has 6 rings (SSSR count). The van der Waals surface area contributed by atoms with Crippen LogP contribution in [0.2, 0.25) is 5.15 Å². The number of anilines is 2. The number of carbonyl (C=O) groups is 1. The van der Waals surface area contributed by atoms with E-state index in [-0.39, 0.29) is 11.1 Å². The molecule has 0 radical (unpaired) electrons. The number of carbonyl (C=O) groups excluding carboxylic acids is 1. The number of benzene rings is 3. The quantitative estimate of drug-likeness (QED) is 0.178. The third-order valence-electron chi connectivity index (χ3n) is 7.89. The van der Waals surface area contributed by atoms with E-state index in [1.807, 2.05) is 30.5 Å². The minimum atomic E-state index is -0.334. The van der Waals surface area contributed by atoms with Gasteiger partial charge in [0.05, 0.1) is 49.6 Å². The Morgan fingerprint density at radius 3 is 2.47 bits per heavy atom. The van der Waals surface area contributed by atoms with Crippen molar-refractivity contribution in [1.29, 1.82) is 0 Å². The minimum absolute atomic E-state index is 0.154. The Bertz CT molecular complexity index is 1790. The Balaban J connectivity index is 1.03. The van der Waals surface area contributed by atoms with Gasteiger partial charge in [-0.1, -0.05) is 41.1 Å². The molecule has 0 atom stereocenters. The summed E-state index contributed by atoms with van der Waals surface area (Å²) in [4.78, 5) is 19.2. The first-order valence-corrected chi connectivity index (χ1v) is 15.1. The molecule has 10 nitrogen and oxygen atoms in total. The Morgan fingerprint density at radius 2 is 1.71 bits per heavy atom. The smallest absolute Gasteiger partial charge is 0.258 e. The predicted molar refractivity (Wildman–Crippen MR) is 175 cm³/mol. The van der Waals surface area contributed by atoms with E-state index in [1.165, 1.54) is 16.7 Å². The number of amides is 1. The largest absolute Gasteiger partial charge is 0.493 e. The zero-order valence-electron chi connectivity index (χ0n) is 25.2. The highest BCUT2D eigenvalue weighted by molar-refractivity contribution is 6.33. The van der Waals surface area contributed by atoms with Crippen LogP contribution in [0.25, 0.3) is 5.69 Å². The number of methoxy groups -OCH3 is 2. The zero-order chi connectivity index (χ0) is 31.2. The predicted octanol–water partition coefficient (Wildman–Crippen LogP) is 5.80. The molecule has 0 fully saturated rings. The van der Waals surface area contributed by atoms with E-state index in [0.29, 0.717) is 17.8 Å². The summed E-state index contributed by atoms with van der Waals surface area (Å²) in [5, 5.41) is 15.1. The first-order valence-electron chi connectivity index (χ1n) is 14.7. The van der Waals surface area contributed by atoms with Gasteiger partial charge in [0.1, 0.15) is 10.8 Å². The van der Waals surface area contributed by atoms with Gasteiger partial charge in [-0.15, -0.1) is 5.10 Å². The summed E-state index contributed by atoms with van der Waals surface area (Å²) in [6, 6.07) is 23.4. The number of halogens is 1. The molecule has 2 aromatic heterocycles. The Hall–Kier alpha value is -4.93. The Kier molecular flexibility index (Phi) is 9.23. The van der Waals surface area contributed by atoms with Crippen LogP contribution in [-0.2, 0) is 25.9 Å². The molecule has 0 bridgehead atoms. The molecule has 0 aliphatic carbocycles. The maximum absolute atomic E-state index is 12.8. The average Bonchev–Trinajstić information content (AvgIpc) is 3.55. The van der Waals surface area contributed by atoms with Gasteiger partial charge in [-0.3, -0.25) is 9.69 Å². The average molecular weight is 624 g/mol.